The summed E-state index contributed by atoms with van der Waals surface area (Å²) in [5, 5.41) is 7.15. The zero-order chi connectivity index (χ0) is 58.1. The van der Waals surface area contributed by atoms with Gasteiger partial charge in [0.2, 0.25) is 0 Å². The molecule has 0 N–H and O–H groups in total. The van der Waals surface area contributed by atoms with Gasteiger partial charge in [0.15, 0.2) is 0 Å². The number of hydrogen-bond acceptors (Lipinski definition) is 2. The molecule has 0 radical (unpaired) electrons. The van der Waals surface area contributed by atoms with Gasteiger partial charge in [-0.1, -0.05) is 252 Å². The molecule has 4 heteroatoms. The molecule has 0 bridgehead atoms. The molecule has 0 atom stereocenters. The lowest BCUT2D eigenvalue weighted by atomic mass is 9.34. The molecule has 0 saturated heterocycles. The van der Waals surface area contributed by atoms with Crippen LogP contribution in [0.1, 0.15) is 44.5 Å². The van der Waals surface area contributed by atoms with Crippen LogP contribution < -0.4 is 26.0 Å². The number of rotatable bonds is 5. The highest BCUT2D eigenvalue weighted by Crippen LogP contribution is 2.64. The van der Waals surface area contributed by atoms with Crippen molar-refractivity contribution in [2.45, 2.75) is 33.1 Å². The molecule has 1 aliphatic carbocycles. The summed E-state index contributed by atoms with van der Waals surface area (Å²) in [6.07, 6.45) is 0. The minimum absolute atomic E-state index is 0.237. The molecule has 3 aliphatic rings. The van der Waals surface area contributed by atoms with Gasteiger partial charge in [-0.05, 0) is 164 Å². The molecule has 0 fully saturated rings. The molecule has 410 valence electrons. The topological polar surface area (TPSA) is 17.4 Å². The minimum Gasteiger partial charge on any atom is -0.458 e. The van der Waals surface area contributed by atoms with Crippen LogP contribution >= 0.6 is 0 Å². The summed E-state index contributed by atoms with van der Waals surface area (Å²) in [6.45, 7) is 8.64. The van der Waals surface area contributed by atoms with Crippen LogP contribution in [0.4, 0.5) is 17.1 Å². The van der Waals surface area contributed by atoms with Gasteiger partial charge in [-0.2, -0.15) is 0 Å². The van der Waals surface area contributed by atoms with Crippen molar-refractivity contribution in [1.29, 1.82) is 0 Å². The number of aryl methyl sites for hydroxylation is 4. The highest BCUT2D eigenvalue weighted by molar-refractivity contribution is 6.98. The van der Waals surface area contributed by atoms with Gasteiger partial charge in [0.1, 0.15) is 11.5 Å². The highest BCUT2D eigenvalue weighted by Gasteiger charge is 2.52. The van der Waals surface area contributed by atoms with E-state index >= 15 is 0 Å². The van der Waals surface area contributed by atoms with Gasteiger partial charge in [0.25, 0.3) is 6.71 Å². The highest BCUT2D eigenvalue weighted by atomic mass is 16.5. The van der Waals surface area contributed by atoms with Crippen molar-refractivity contribution in [2.24, 2.45) is 0 Å². The summed E-state index contributed by atoms with van der Waals surface area (Å²) in [5.74, 6) is 1.64. The third kappa shape index (κ3) is 7.70. The maximum Gasteiger partial charge on any atom is 0.252 e. The Morgan fingerprint density at radius 2 is 0.713 bits per heavy atom. The lowest BCUT2D eigenvalue weighted by molar-refractivity contribution is 0.487. The Morgan fingerprint density at radius 3 is 1.22 bits per heavy atom. The van der Waals surface area contributed by atoms with Crippen molar-refractivity contribution in [2.75, 3.05) is 4.90 Å². The first-order valence-electron chi connectivity index (χ1n) is 30.4. The summed E-state index contributed by atoms with van der Waals surface area (Å²) in [4.78, 5) is 2.51. The maximum atomic E-state index is 7.74. The number of hydrogen-bond donors (Lipinski definition) is 0. The summed E-state index contributed by atoms with van der Waals surface area (Å²) in [6, 6.07) is 107. The average molecular weight is 1110 g/mol. The van der Waals surface area contributed by atoms with E-state index < -0.39 is 5.41 Å². The molecule has 13 aromatic carbocycles. The van der Waals surface area contributed by atoms with Crippen LogP contribution in [0.15, 0.2) is 285 Å². The van der Waals surface area contributed by atoms with Crippen molar-refractivity contribution in [3.05, 3.63) is 330 Å². The quantitative estimate of drug-likeness (QED) is 0.160. The first kappa shape index (κ1) is 50.8. The van der Waals surface area contributed by atoms with Gasteiger partial charge in [-0.15, -0.1) is 0 Å². The molecule has 3 nitrogen and oxygen atoms in total. The summed E-state index contributed by atoms with van der Waals surface area (Å²) in [7, 11) is 0. The molecule has 14 aromatic rings. The molecule has 1 aromatic heterocycles. The molecular weight excluding hydrogens is 1050 g/mol. The fourth-order valence-corrected chi connectivity index (χ4v) is 15.3. The van der Waals surface area contributed by atoms with Crippen LogP contribution in [0, 0.1) is 27.7 Å². The van der Waals surface area contributed by atoms with E-state index in [1.165, 1.54) is 116 Å². The zero-order valence-corrected chi connectivity index (χ0v) is 49.0. The van der Waals surface area contributed by atoms with Crippen LogP contribution in [0.5, 0.6) is 11.5 Å². The largest absolute Gasteiger partial charge is 0.458 e. The van der Waals surface area contributed by atoms with E-state index in [4.69, 9.17) is 4.74 Å². The van der Waals surface area contributed by atoms with E-state index in [-0.39, 0.29) is 6.71 Å². The predicted molar refractivity (Wildman–Crippen MR) is 366 cm³/mol. The minimum atomic E-state index is -0.545. The number of anilines is 3. The standard InChI is InChI=1S/C83H59BN2O/c1-52-34-42-76-68(46-52)64-26-13-11-24-62(64)63-25-12-14-27-65(63)69-47-53(2)35-43-77(69)85(76)58-38-40-74-80(50-58)87-81-51-59(39-41-75(81)84(74)82-60(56-20-7-5-8-21-56)30-19-31-61(82)57-22-9-6-10-23-57)86-78-44-36-54(3)48-72(78)83(73-49-55(4)37-45-79(73)86)70-32-17-15-28-66(70)67-29-16-18-33-71(67)83/h5-51H,1-4H3. The van der Waals surface area contributed by atoms with E-state index in [1.807, 2.05) is 0 Å². The van der Waals surface area contributed by atoms with Crippen LogP contribution in [-0.2, 0) is 5.41 Å². The fourth-order valence-electron chi connectivity index (χ4n) is 15.3. The van der Waals surface area contributed by atoms with Gasteiger partial charge >= 0.3 is 0 Å². The first-order chi connectivity index (χ1) is 42.8. The molecule has 0 unspecified atom stereocenters. The second-order valence-corrected chi connectivity index (χ2v) is 24.2. The third-order valence-corrected chi connectivity index (χ3v) is 19.0. The molecule has 0 amide bonds. The summed E-state index contributed by atoms with van der Waals surface area (Å²) in [5.41, 5.74) is 26.8. The predicted octanol–water partition coefficient (Wildman–Crippen LogP) is 19.6. The Balaban J connectivity index is 0.951. The lowest BCUT2D eigenvalue weighted by Gasteiger charge is -2.45. The van der Waals surface area contributed by atoms with Crippen LogP contribution in [0.3, 0.4) is 0 Å². The average Bonchev–Trinajstić information content (AvgIpc) is 1.61. The number of nitrogens with zero attached hydrogens (tertiary/aromatic N) is 2. The van der Waals surface area contributed by atoms with Gasteiger partial charge in [-0.3, -0.25) is 0 Å². The van der Waals surface area contributed by atoms with Gasteiger partial charge < -0.3 is 14.2 Å². The molecular formula is C83H59BN2O. The van der Waals surface area contributed by atoms with Crippen molar-refractivity contribution < 1.29 is 4.74 Å². The Kier molecular flexibility index (Phi) is 11.5. The molecule has 87 heavy (non-hydrogen) atoms. The van der Waals surface area contributed by atoms with Gasteiger partial charge in [0.05, 0.1) is 27.8 Å². The zero-order valence-electron chi connectivity index (χ0n) is 49.0. The van der Waals surface area contributed by atoms with Crippen LogP contribution in [0.2, 0.25) is 0 Å². The molecule has 1 spiro atoms. The Labute approximate surface area is 508 Å². The van der Waals surface area contributed by atoms with E-state index in [0.717, 1.165) is 56.2 Å². The monoisotopic (exact) mass is 1110 g/mol. The Morgan fingerprint density at radius 1 is 0.310 bits per heavy atom. The second-order valence-electron chi connectivity index (χ2n) is 24.2. The molecule has 2 aliphatic heterocycles. The van der Waals surface area contributed by atoms with Crippen molar-refractivity contribution in [3.63, 3.8) is 0 Å². The fraction of sp³-hybridized carbons (Fsp3) is 0.0602. The number of ether oxygens (including phenoxy) is 1. The summed E-state index contributed by atoms with van der Waals surface area (Å²) >= 11 is 0. The Hall–Kier alpha value is -10.7. The normalized spacial score (nSPS) is 13.2. The number of fused-ring (bicyclic) bond motifs is 18. The van der Waals surface area contributed by atoms with Crippen LogP contribution in [-0.4, -0.2) is 11.3 Å². The van der Waals surface area contributed by atoms with Gasteiger partial charge in [-0.25, -0.2) is 0 Å². The van der Waals surface area contributed by atoms with Crippen molar-refractivity contribution >= 4 is 83.5 Å². The smallest absolute Gasteiger partial charge is 0.252 e. The van der Waals surface area contributed by atoms with Crippen LogP contribution in [0.25, 0.3) is 82.4 Å². The second kappa shape index (κ2) is 19.7. The van der Waals surface area contributed by atoms with Gasteiger partial charge in [0, 0.05) is 34.3 Å². The number of benzene rings is 13. The molecule has 17 rings (SSSR count). The third-order valence-electron chi connectivity index (χ3n) is 19.0. The maximum absolute atomic E-state index is 7.74. The Bertz CT molecular complexity index is 5000. The van der Waals surface area contributed by atoms with Crippen molar-refractivity contribution in [3.8, 4) is 50.6 Å². The lowest BCUT2D eigenvalue weighted by Crippen LogP contribution is -2.56. The van der Waals surface area contributed by atoms with E-state index in [9.17, 15) is 0 Å². The number of aromatic nitrogens is 1. The van der Waals surface area contributed by atoms with E-state index in [0.29, 0.717) is 0 Å². The molecule has 0 saturated carbocycles. The SMILES string of the molecule is Cc1ccc2c(c1)C1(c3ccccc3-c3ccccc31)c1cc(C)ccc1N2c1ccc2c(c1)Oc1cc(-n3c4ccc(C)cc4c4ccccc4c4ccccc4c4cc(C)ccc43)ccc1B2c1c(-c2ccccc2)cccc1-c1ccccc1. The summed E-state index contributed by atoms with van der Waals surface area (Å²) < 4.78 is 10.2. The van der Waals surface area contributed by atoms with Crippen molar-refractivity contribution in [1.82, 2.24) is 4.57 Å². The first-order valence-corrected chi connectivity index (χ1v) is 30.4. The van der Waals surface area contributed by atoms with E-state index in [2.05, 4.69) is 322 Å². The molecule has 3 heterocycles. The van der Waals surface area contributed by atoms with E-state index in [1.54, 1.807) is 0 Å².